The molecule has 0 bridgehead atoms. The number of hydrogen-bond donors (Lipinski definition) is 0. The van der Waals surface area contributed by atoms with Crippen LogP contribution in [0.4, 0.5) is 13.2 Å². The number of nitrogens with zero attached hydrogens (tertiary/aromatic N) is 1. The van der Waals surface area contributed by atoms with E-state index in [2.05, 4.69) is 0 Å². The summed E-state index contributed by atoms with van der Waals surface area (Å²) in [5.74, 6) is -0.814. The minimum absolute atomic E-state index is 0.151. The quantitative estimate of drug-likeness (QED) is 0.590. The maximum absolute atomic E-state index is 12.8. The average Bonchev–Trinajstić information content (AvgIpc) is 2.25. The van der Waals surface area contributed by atoms with Gasteiger partial charge in [-0.1, -0.05) is 6.07 Å². The lowest BCUT2D eigenvalue weighted by Crippen LogP contribution is -2.15. The van der Waals surface area contributed by atoms with Gasteiger partial charge in [0.2, 0.25) is 0 Å². The maximum atomic E-state index is 12.8. The van der Waals surface area contributed by atoms with E-state index in [9.17, 15) is 22.8 Å². The predicted octanol–water partition coefficient (Wildman–Crippen LogP) is 2.59. The van der Waals surface area contributed by atoms with Crippen molar-refractivity contribution in [1.82, 2.24) is 0 Å². The Labute approximate surface area is 94.5 Å². The second-order valence-electron chi connectivity index (χ2n) is 3.24. The molecule has 0 aliphatic heterocycles. The van der Waals surface area contributed by atoms with E-state index >= 15 is 0 Å². The number of rotatable bonds is 2. The monoisotopic (exact) mass is 241 g/mol. The summed E-state index contributed by atoms with van der Waals surface area (Å²) in [7, 11) is 0. The number of hydrogen-bond acceptors (Lipinski definition) is 3. The zero-order valence-electron chi connectivity index (χ0n) is 8.63. The van der Waals surface area contributed by atoms with Crippen molar-refractivity contribution in [1.29, 1.82) is 5.26 Å². The molecule has 0 heterocycles. The SMILES string of the molecule is CC(=O)c1ccc(C=O)c(C#N)c1C(F)(F)F. The van der Waals surface area contributed by atoms with Crippen LogP contribution in [0, 0.1) is 11.3 Å². The number of carbonyl (C=O) groups excluding carboxylic acids is 2. The standard InChI is InChI=1S/C11H6F3NO2/c1-6(17)8-3-2-7(5-16)9(4-15)10(8)11(12,13)14/h2-3,5H,1H3. The second-order valence-corrected chi connectivity index (χ2v) is 3.24. The van der Waals surface area contributed by atoms with Gasteiger partial charge in [0.05, 0.1) is 11.1 Å². The molecule has 0 aliphatic carbocycles. The summed E-state index contributed by atoms with van der Waals surface area (Å²) in [6, 6.07) is 3.24. The number of aldehydes is 1. The Hall–Kier alpha value is -2.16. The van der Waals surface area contributed by atoms with E-state index in [1.807, 2.05) is 0 Å². The largest absolute Gasteiger partial charge is 0.418 e. The lowest BCUT2D eigenvalue weighted by atomic mass is 9.95. The second kappa shape index (κ2) is 4.37. The van der Waals surface area contributed by atoms with Gasteiger partial charge in [0.1, 0.15) is 6.07 Å². The molecular formula is C11H6F3NO2. The highest BCUT2D eigenvalue weighted by molar-refractivity contribution is 5.97. The summed E-state index contributed by atoms with van der Waals surface area (Å²) >= 11 is 0. The molecule has 3 nitrogen and oxygen atoms in total. The zero-order chi connectivity index (χ0) is 13.2. The molecule has 1 aromatic carbocycles. The summed E-state index contributed by atoms with van der Waals surface area (Å²) in [6.45, 7) is 0.965. The van der Waals surface area contributed by atoms with Crippen LogP contribution in [0.3, 0.4) is 0 Å². The average molecular weight is 241 g/mol. The van der Waals surface area contributed by atoms with Crippen molar-refractivity contribution in [2.75, 3.05) is 0 Å². The molecule has 0 aromatic heterocycles. The minimum atomic E-state index is -4.86. The smallest absolute Gasteiger partial charge is 0.298 e. The van der Waals surface area contributed by atoms with Crippen LogP contribution < -0.4 is 0 Å². The maximum Gasteiger partial charge on any atom is 0.418 e. The van der Waals surface area contributed by atoms with Crippen molar-refractivity contribution >= 4 is 12.1 Å². The van der Waals surface area contributed by atoms with Gasteiger partial charge in [0, 0.05) is 11.1 Å². The first-order valence-electron chi connectivity index (χ1n) is 4.43. The van der Waals surface area contributed by atoms with Gasteiger partial charge in [0.25, 0.3) is 0 Å². The van der Waals surface area contributed by atoms with Gasteiger partial charge >= 0.3 is 6.18 Å². The van der Waals surface area contributed by atoms with E-state index in [1.165, 1.54) is 6.07 Å². The van der Waals surface area contributed by atoms with Crippen LogP contribution in [0.1, 0.15) is 38.8 Å². The molecule has 88 valence electrons. The first-order chi connectivity index (χ1) is 7.82. The first kappa shape index (κ1) is 12.9. The number of halogens is 3. The van der Waals surface area contributed by atoms with Crippen LogP contribution in [0.2, 0.25) is 0 Å². The molecule has 0 saturated carbocycles. The molecule has 0 radical (unpaired) electrons. The summed E-state index contributed by atoms with van der Waals surface area (Å²) in [5, 5.41) is 8.68. The van der Waals surface area contributed by atoms with Gasteiger partial charge in [-0.3, -0.25) is 9.59 Å². The molecule has 0 N–H and O–H groups in total. The van der Waals surface area contributed by atoms with Crippen LogP contribution in [-0.4, -0.2) is 12.1 Å². The lowest BCUT2D eigenvalue weighted by molar-refractivity contribution is -0.138. The fraction of sp³-hybridized carbons (Fsp3) is 0.182. The highest BCUT2D eigenvalue weighted by Crippen LogP contribution is 2.35. The Morgan fingerprint density at radius 1 is 1.41 bits per heavy atom. The van der Waals surface area contributed by atoms with Crippen LogP contribution in [-0.2, 0) is 6.18 Å². The molecule has 0 atom stereocenters. The normalized spacial score (nSPS) is 10.8. The molecule has 1 rings (SSSR count). The number of benzene rings is 1. The molecular weight excluding hydrogens is 235 g/mol. The van der Waals surface area contributed by atoms with Crippen molar-refractivity contribution in [3.8, 4) is 6.07 Å². The Kier molecular flexibility index (Phi) is 3.32. The van der Waals surface area contributed by atoms with E-state index in [0.717, 1.165) is 19.1 Å². The van der Waals surface area contributed by atoms with Crippen molar-refractivity contribution in [2.24, 2.45) is 0 Å². The van der Waals surface area contributed by atoms with Gasteiger partial charge in [-0.15, -0.1) is 0 Å². The Morgan fingerprint density at radius 2 is 2.00 bits per heavy atom. The fourth-order valence-electron chi connectivity index (χ4n) is 1.43. The molecule has 0 unspecified atom stereocenters. The Morgan fingerprint density at radius 3 is 2.35 bits per heavy atom. The summed E-state index contributed by atoms with van der Waals surface area (Å²) in [5.41, 5.74) is -3.17. The highest BCUT2D eigenvalue weighted by atomic mass is 19.4. The molecule has 0 aliphatic rings. The van der Waals surface area contributed by atoms with Gasteiger partial charge < -0.3 is 0 Å². The number of Topliss-reactive ketones (excluding diaryl/α,β-unsaturated/α-hetero) is 1. The molecule has 6 heteroatoms. The van der Waals surface area contributed by atoms with E-state index in [0.29, 0.717) is 0 Å². The third kappa shape index (κ3) is 2.33. The van der Waals surface area contributed by atoms with Gasteiger partial charge in [0.15, 0.2) is 12.1 Å². The topological polar surface area (TPSA) is 57.9 Å². The van der Waals surface area contributed by atoms with Gasteiger partial charge in [-0.25, -0.2) is 0 Å². The van der Waals surface area contributed by atoms with E-state index in [1.54, 1.807) is 0 Å². The van der Waals surface area contributed by atoms with E-state index in [4.69, 9.17) is 5.26 Å². The molecule has 17 heavy (non-hydrogen) atoms. The highest BCUT2D eigenvalue weighted by Gasteiger charge is 2.38. The van der Waals surface area contributed by atoms with Crippen molar-refractivity contribution < 1.29 is 22.8 Å². The third-order valence-electron chi connectivity index (χ3n) is 2.14. The summed E-state index contributed by atoms with van der Waals surface area (Å²) in [6.07, 6.45) is -4.71. The van der Waals surface area contributed by atoms with Crippen LogP contribution in [0.25, 0.3) is 0 Å². The molecule has 0 fully saturated rings. The van der Waals surface area contributed by atoms with Crippen LogP contribution >= 0.6 is 0 Å². The first-order valence-corrected chi connectivity index (χ1v) is 4.43. The zero-order valence-corrected chi connectivity index (χ0v) is 8.63. The third-order valence-corrected chi connectivity index (χ3v) is 2.14. The minimum Gasteiger partial charge on any atom is -0.298 e. The van der Waals surface area contributed by atoms with E-state index < -0.39 is 28.6 Å². The molecule has 0 spiro atoms. The number of alkyl halides is 3. The predicted molar refractivity (Wildman–Crippen MR) is 51.6 cm³/mol. The summed E-state index contributed by atoms with van der Waals surface area (Å²) in [4.78, 5) is 21.6. The molecule has 1 aromatic rings. The number of ketones is 1. The van der Waals surface area contributed by atoms with Crippen molar-refractivity contribution in [2.45, 2.75) is 13.1 Å². The Balaban J connectivity index is 3.76. The van der Waals surface area contributed by atoms with Crippen molar-refractivity contribution in [3.63, 3.8) is 0 Å². The number of carbonyl (C=O) groups is 2. The van der Waals surface area contributed by atoms with Gasteiger partial charge in [-0.05, 0) is 13.0 Å². The lowest BCUT2D eigenvalue weighted by Gasteiger charge is -2.13. The van der Waals surface area contributed by atoms with Crippen LogP contribution in [0.15, 0.2) is 12.1 Å². The fourth-order valence-corrected chi connectivity index (χ4v) is 1.43. The molecule has 0 saturated heterocycles. The summed E-state index contributed by atoms with van der Waals surface area (Å²) < 4.78 is 38.3. The number of nitriles is 1. The van der Waals surface area contributed by atoms with Crippen LogP contribution in [0.5, 0.6) is 0 Å². The Bertz CT molecular complexity index is 527. The van der Waals surface area contributed by atoms with E-state index in [-0.39, 0.29) is 11.8 Å². The molecule has 0 amide bonds. The van der Waals surface area contributed by atoms with Gasteiger partial charge in [-0.2, -0.15) is 18.4 Å². The van der Waals surface area contributed by atoms with Crippen molar-refractivity contribution in [3.05, 3.63) is 34.4 Å².